The van der Waals surface area contributed by atoms with Crippen LogP contribution in [-0.2, 0) is 13.5 Å². The zero-order valence-corrected chi connectivity index (χ0v) is 12.3. The smallest absolute Gasteiger partial charge is 0.254 e. The quantitative estimate of drug-likeness (QED) is 0.787. The summed E-state index contributed by atoms with van der Waals surface area (Å²) in [5, 5.41) is 7.04. The van der Waals surface area contributed by atoms with Gasteiger partial charge in [0.25, 0.3) is 5.91 Å². The van der Waals surface area contributed by atoms with Crippen LogP contribution in [0.4, 0.5) is 0 Å². The molecule has 5 nitrogen and oxygen atoms in total. The average Bonchev–Trinajstić information content (AvgIpc) is 3.19. The normalized spacial score (nSPS) is 10.6. The van der Waals surface area contributed by atoms with Gasteiger partial charge in [-0.25, -0.2) is 0 Å². The molecule has 2 heterocycles. The molecule has 3 aromatic rings. The van der Waals surface area contributed by atoms with Gasteiger partial charge in [-0.1, -0.05) is 24.3 Å². The van der Waals surface area contributed by atoms with Gasteiger partial charge >= 0.3 is 0 Å². The SMILES string of the molecule is Cn1nccc1-c1ccc(CCNC(=O)c2ccoc2)cc1. The molecule has 0 radical (unpaired) electrons. The number of nitrogens with zero attached hydrogens (tertiary/aromatic N) is 2. The zero-order chi connectivity index (χ0) is 15.4. The second-order valence-corrected chi connectivity index (χ2v) is 5.05. The van der Waals surface area contributed by atoms with Crippen molar-refractivity contribution in [2.24, 2.45) is 7.05 Å². The van der Waals surface area contributed by atoms with E-state index >= 15 is 0 Å². The average molecular weight is 295 g/mol. The summed E-state index contributed by atoms with van der Waals surface area (Å²) < 4.78 is 6.74. The number of rotatable bonds is 5. The number of benzene rings is 1. The predicted molar refractivity (Wildman–Crippen MR) is 83.4 cm³/mol. The van der Waals surface area contributed by atoms with E-state index in [4.69, 9.17) is 4.42 Å². The Hall–Kier alpha value is -2.82. The maximum Gasteiger partial charge on any atom is 0.254 e. The first-order valence-electron chi connectivity index (χ1n) is 7.12. The van der Waals surface area contributed by atoms with Crippen molar-refractivity contribution in [1.29, 1.82) is 0 Å². The topological polar surface area (TPSA) is 60.1 Å². The summed E-state index contributed by atoms with van der Waals surface area (Å²) in [6, 6.07) is 11.9. The van der Waals surface area contributed by atoms with Crippen LogP contribution in [0.25, 0.3) is 11.3 Å². The summed E-state index contributed by atoms with van der Waals surface area (Å²) >= 11 is 0. The Morgan fingerprint density at radius 1 is 1.23 bits per heavy atom. The van der Waals surface area contributed by atoms with Gasteiger partial charge in [0.15, 0.2) is 0 Å². The standard InChI is InChI=1S/C17H17N3O2/c1-20-16(7-10-19-20)14-4-2-13(3-5-14)6-9-18-17(21)15-8-11-22-12-15/h2-5,7-8,10-12H,6,9H2,1H3,(H,18,21). The fraction of sp³-hybridized carbons (Fsp3) is 0.176. The lowest BCUT2D eigenvalue weighted by atomic mass is 10.1. The fourth-order valence-electron chi connectivity index (χ4n) is 2.32. The molecule has 2 aromatic heterocycles. The number of carbonyl (C=O) groups excluding carboxylic acids is 1. The van der Waals surface area contributed by atoms with Crippen molar-refractivity contribution < 1.29 is 9.21 Å². The van der Waals surface area contributed by atoms with Gasteiger partial charge in [-0.3, -0.25) is 9.48 Å². The van der Waals surface area contributed by atoms with Gasteiger partial charge in [0, 0.05) is 19.8 Å². The van der Waals surface area contributed by atoms with Crippen LogP contribution in [0.5, 0.6) is 0 Å². The van der Waals surface area contributed by atoms with E-state index < -0.39 is 0 Å². The zero-order valence-electron chi connectivity index (χ0n) is 12.3. The Morgan fingerprint density at radius 3 is 2.68 bits per heavy atom. The summed E-state index contributed by atoms with van der Waals surface area (Å²) in [4.78, 5) is 11.8. The third-order valence-corrected chi connectivity index (χ3v) is 3.55. The molecule has 0 aliphatic carbocycles. The molecule has 0 unspecified atom stereocenters. The van der Waals surface area contributed by atoms with Gasteiger partial charge in [-0.05, 0) is 29.7 Å². The van der Waals surface area contributed by atoms with Gasteiger partial charge in [0.1, 0.15) is 6.26 Å². The molecular weight excluding hydrogens is 278 g/mol. The molecule has 0 atom stereocenters. The predicted octanol–water partition coefficient (Wildman–Crippen LogP) is 2.65. The maximum atomic E-state index is 11.8. The molecule has 0 spiro atoms. The Balaban J connectivity index is 1.56. The van der Waals surface area contributed by atoms with Crippen LogP contribution >= 0.6 is 0 Å². The molecule has 0 saturated heterocycles. The molecule has 0 saturated carbocycles. The van der Waals surface area contributed by atoms with Crippen LogP contribution in [0.2, 0.25) is 0 Å². The van der Waals surface area contributed by atoms with E-state index in [1.165, 1.54) is 18.1 Å². The molecule has 1 aromatic carbocycles. The second-order valence-electron chi connectivity index (χ2n) is 5.05. The van der Waals surface area contributed by atoms with Gasteiger partial charge in [-0.15, -0.1) is 0 Å². The highest BCUT2D eigenvalue weighted by molar-refractivity contribution is 5.93. The first kappa shape index (κ1) is 14.1. The first-order chi connectivity index (χ1) is 10.7. The Labute approximate surface area is 128 Å². The van der Waals surface area contributed by atoms with Gasteiger partial charge in [-0.2, -0.15) is 5.10 Å². The van der Waals surface area contributed by atoms with Gasteiger partial charge in [0.05, 0.1) is 17.5 Å². The van der Waals surface area contributed by atoms with Crippen molar-refractivity contribution in [3.8, 4) is 11.3 Å². The minimum atomic E-state index is -0.111. The fourth-order valence-corrected chi connectivity index (χ4v) is 2.32. The van der Waals surface area contributed by atoms with Gasteiger partial charge < -0.3 is 9.73 Å². The molecular formula is C17H17N3O2. The minimum Gasteiger partial charge on any atom is -0.472 e. The van der Waals surface area contributed by atoms with E-state index in [2.05, 4.69) is 34.7 Å². The van der Waals surface area contributed by atoms with Crippen molar-refractivity contribution in [3.05, 3.63) is 66.2 Å². The highest BCUT2D eigenvalue weighted by atomic mass is 16.3. The van der Waals surface area contributed by atoms with E-state index in [9.17, 15) is 4.79 Å². The van der Waals surface area contributed by atoms with E-state index in [0.717, 1.165) is 17.7 Å². The summed E-state index contributed by atoms with van der Waals surface area (Å²) in [6.07, 6.45) is 5.51. The van der Waals surface area contributed by atoms with Crippen molar-refractivity contribution in [2.45, 2.75) is 6.42 Å². The molecule has 1 N–H and O–H groups in total. The molecule has 3 rings (SSSR count). The first-order valence-corrected chi connectivity index (χ1v) is 7.12. The minimum absolute atomic E-state index is 0.111. The second kappa shape index (κ2) is 6.30. The van der Waals surface area contributed by atoms with Crippen molar-refractivity contribution in [3.63, 3.8) is 0 Å². The highest BCUT2D eigenvalue weighted by Gasteiger charge is 2.06. The number of aromatic nitrogens is 2. The molecule has 22 heavy (non-hydrogen) atoms. The van der Waals surface area contributed by atoms with Crippen LogP contribution in [0.3, 0.4) is 0 Å². The highest BCUT2D eigenvalue weighted by Crippen LogP contribution is 2.18. The summed E-state index contributed by atoms with van der Waals surface area (Å²) in [5.74, 6) is -0.111. The number of furan rings is 1. The third kappa shape index (κ3) is 3.09. The number of nitrogens with one attached hydrogen (secondary N) is 1. The molecule has 0 aliphatic rings. The molecule has 112 valence electrons. The number of hydrogen-bond donors (Lipinski definition) is 1. The lowest BCUT2D eigenvalue weighted by Gasteiger charge is -2.06. The number of carbonyl (C=O) groups is 1. The van der Waals surface area contributed by atoms with Crippen LogP contribution < -0.4 is 5.32 Å². The lowest BCUT2D eigenvalue weighted by Crippen LogP contribution is -2.25. The summed E-state index contributed by atoms with van der Waals surface area (Å²) in [5.41, 5.74) is 3.94. The molecule has 0 aliphatic heterocycles. The van der Waals surface area contributed by atoms with Crippen molar-refractivity contribution >= 4 is 5.91 Å². The molecule has 1 amide bonds. The van der Waals surface area contributed by atoms with Crippen LogP contribution in [-0.4, -0.2) is 22.2 Å². The largest absolute Gasteiger partial charge is 0.472 e. The van der Waals surface area contributed by atoms with Crippen LogP contribution in [0.15, 0.2) is 59.5 Å². The number of hydrogen-bond acceptors (Lipinski definition) is 3. The molecule has 5 heteroatoms. The maximum absolute atomic E-state index is 11.8. The van der Waals surface area contributed by atoms with Crippen LogP contribution in [0.1, 0.15) is 15.9 Å². The monoisotopic (exact) mass is 295 g/mol. The van der Waals surface area contributed by atoms with Crippen molar-refractivity contribution in [1.82, 2.24) is 15.1 Å². The Kier molecular flexibility index (Phi) is 4.05. The number of aryl methyl sites for hydroxylation is 1. The summed E-state index contributed by atoms with van der Waals surface area (Å²) in [6.45, 7) is 0.592. The van der Waals surface area contributed by atoms with Gasteiger partial charge in [0.2, 0.25) is 0 Å². The molecule has 0 fully saturated rings. The number of amides is 1. The van der Waals surface area contributed by atoms with E-state index in [1.54, 1.807) is 12.3 Å². The van der Waals surface area contributed by atoms with Crippen molar-refractivity contribution in [2.75, 3.05) is 6.54 Å². The Morgan fingerprint density at radius 2 is 2.05 bits per heavy atom. The van der Waals surface area contributed by atoms with E-state index in [-0.39, 0.29) is 5.91 Å². The van der Waals surface area contributed by atoms with Crippen LogP contribution in [0, 0.1) is 0 Å². The third-order valence-electron chi connectivity index (χ3n) is 3.55. The van der Waals surface area contributed by atoms with E-state index in [1.807, 2.05) is 17.8 Å². The van der Waals surface area contributed by atoms with E-state index in [0.29, 0.717) is 12.1 Å². The molecule has 0 bridgehead atoms. The lowest BCUT2D eigenvalue weighted by molar-refractivity contribution is 0.0953. The summed E-state index contributed by atoms with van der Waals surface area (Å²) in [7, 11) is 1.93. The Bertz CT molecular complexity index is 743.